The van der Waals surface area contributed by atoms with E-state index >= 15 is 0 Å². The Morgan fingerprint density at radius 3 is 1.69 bits per heavy atom. The Hall–Kier alpha value is -4.93. The smallest absolute Gasteiger partial charge is 0.160 e. The standard InChI is InChI=1S/C35H23N3S/c1-4-13-24(14-5-1)30-23-31(37-34(36-30)25-15-6-2-7-16-25)28-20-11-10-19-27(28)29-21-12-22-32-33(29)38-35(39-32)26-17-8-3-9-18-26/h1-23H. The van der Waals surface area contributed by atoms with Gasteiger partial charge in [-0.15, -0.1) is 11.3 Å². The number of thiazole rings is 1. The van der Waals surface area contributed by atoms with Gasteiger partial charge in [0.15, 0.2) is 5.82 Å². The molecule has 0 spiro atoms. The lowest BCUT2D eigenvalue weighted by Gasteiger charge is -2.13. The monoisotopic (exact) mass is 517 g/mol. The van der Waals surface area contributed by atoms with Crippen LogP contribution in [0.15, 0.2) is 140 Å². The Kier molecular flexibility index (Phi) is 6.00. The molecule has 0 radical (unpaired) electrons. The molecule has 5 aromatic carbocycles. The summed E-state index contributed by atoms with van der Waals surface area (Å²) >= 11 is 1.72. The third kappa shape index (κ3) is 4.52. The van der Waals surface area contributed by atoms with Crippen LogP contribution in [0.2, 0.25) is 0 Å². The van der Waals surface area contributed by atoms with Gasteiger partial charge in [-0.2, -0.15) is 0 Å². The number of hydrogen-bond acceptors (Lipinski definition) is 4. The third-order valence-corrected chi connectivity index (χ3v) is 7.83. The molecule has 0 amide bonds. The Bertz CT molecular complexity index is 1840. The molecule has 0 aliphatic rings. The van der Waals surface area contributed by atoms with Crippen molar-refractivity contribution in [2.24, 2.45) is 0 Å². The summed E-state index contributed by atoms with van der Waals surface area (Å²) in [5.74, 6) is 0.708. The first kappa shape index (κ1) is 23.2. The molecule has 0 atom stereocenters. The fourth-order valence-electron chi connectivity index (χ4n) is 4.87. The number of benzene rings is 5. The minimum Gasteiger partial charge on any atom is -0.235 e. The summed E-state index contributed by atoms with van der Waals surface area (Å²) in [6.45, 7) is 0. The molecule has 2 aromatic heterocycles. The molecule has 3 nitrogen and oxygen atoms in total. The third-order valence-electron chi connectivity index (χ3n) is 6.76. The second-order valence-electron chi connectivity index (χ2n) is 9.28. The Morgan fingerprint density at radius 2 is 0.974 bits per heavy atom. The zero-order valence-electron chi connectivity index (χ0n) is 21.0. The second-order valence-corrected chi connectivity index (χ2v) is 10.3. The maximum Gasteiger partial charge on any atom is 0.160 e. The molecule has 0 aliphatic heterocycles. The molecule has 7 aromatic rings. The van der Waals surface area contributed by atoms with Crippen molar-refractivity contribution in [1.82, 2.24) is 15.0 Å². The van der Waals surface area contributed by atoms with Gasteiger partial charge in [0.2, 0.25) is 0 Å². The zero-order valence-corrected chi connectivity index (χ0v) is 21.8. The first-order chi connectivity index (χ1) is 19.3. The van der Waals surface area contributed by atoms with E-state index in [1.54, 1.807) is 11.3 Å². The predicted molar refractivity (Wildman–Crippen MR) is 162 cm³/mol. The molecule has 184 valence electrons. The summed E-state index contributed by atoms with van der Waals surface area (Å²) in [7, 11) is 0. The number of nitrogens with zero attached hydrogens (tertiary/aromatic N) is 3. The first-order valence-corrected chi connectivity index (χ1v) is 13.7. The lowest BCUT2D eigenvalue weighted by Crippen LogP contribution is -1.97. The molecule has 0 unspecified atom stereocenters. The van der Waals surface area contributed by atoms with E-state index in [1.165, 1.54) is 4.70 Å². The maximum absolute atomic E-state index is 5.11. The summed E-state index contributed by atoms with van der Waals surface area (Å²) in [5, 5.41) is 1.02. The molecule has 0 saturated heterocycles. The van der Waals surface area contributed by atoms with E-state index in [0.717, 1.165) is 55.3 Å². The molecular weight excluding hydrogens is 494 g/mol. The van der Waals surface area contributed by atoms with Crippen LogP contribution >= 0.6 is 11.3 Å². The Balaban J connectivity index is 1.43. The average molecular weight is 518 g/mol. The minimum absolute atomic E-state index is 0.708. The van der Waals surface area contributed by atoms with Crippen LogP contribution in [0.4, 0.5) is 0 Å². The van der Waals surface area contributed by atoms with Gasteiger partial charge in [-0.1, -0.05) is 127 Å². The summed E-state index contributed by atoms with van der Waals surface area (Å²) < 4.78 is 1.17. The van der Waals surface area contributed by atoms with Crippen LogP contribution in [0.3, 0.4) is 0 Å². The van der Waals surface area contributed by atoms with Gasteiger partial charge in [0, 0.05) is 27.8 Å². The van der Waals surface area contributed by atoms with E-state index in [1.807, 2.05) is 42.5 Å². The summed E-state index contributed by atoms with van der Waals surface area (Å²) in [6.07, 6.45) is 0. The first-order valence-electron chi connectivity index (χ1n) is 12.9. The van der Waals surface area contributed by atoms with Gasteiger partial charge in [-0.25, -0.2) is 15.0 Å². The Labute approximate surface area is 231 Å². The quantitative estimate of drug-likeness (QED) is 0.228. The molecule has 2 heterocycles. The number of rotatable bonds is 5. The van der Waals surface area contributed by atoms with E-state index in [-0.39, 0.29) is 0 Å². The van der Waals surface area contributed by atoms with E-state index in [0.29, 0.717) is 5.82 Å². The SMILES string of the molecule is c1ccc(-c2cc(-c3ccccc3-c3cccc4sc(-c5ccccc5)nc34)nc(-c3ccccc3)n2)cc1. The fraction of sp³-hybridized carbons (Fsp3) is 0. The molecule has 0 saturated carbocycles. The van der Waals surface area contributed by atoms with E-state index in [9.17, 15) is 0 Å². The van der Waals surface area contributed by atoms with Crippen molar-refractivity contribution in [1.29, 1.82) is 0 Å². The van der Waals surface area contributed by atoms with Crippen LogP contribution in [0.25, 0.3) is 65.8 Å². The second kappa shape index (κ2) is 10.1. The molecular formula is C35H23N3S. The lowest BCUT2D eigenvalue weighted by molar-refractivity contribution is 1.18. The Morgan fingerprint density at radius 1 is 0.410 bits per heavy atom. The van der Waals surface area contributed by atoms with Crippen LogP contribution in [0.1, 0.15) is 0 Å². The van der Waals surface area contributed by atoms with Crippen molar-refractivity contribution < 1.29 is 0 Å². The van der Waals surface area contributed by atoms with Crippen molar-refractivity contribution in [2.45, 2.75) is 0 Å². The van der Waals surface area contributed by atoms with Crippen LogP contribution < -0.4 is 0 Å². The molecule has 39 heavy (non-hydrogen) atoms. The molecule has 0 fully saturated rings. The lowest BCUT2D eigenvalue weighted by atomic mass is 9.96. The fourth-order valence-corrected chi connectivity index (χ4v) is 5.87. The van der Waals surface area contributed by atoms with E-state index in [2.05, 4.69) is 97.1 Å². The molecule has 0 bridgehead atoms. The number of fused-ring (bicyclic) bond motifs is 1. The van der Waals surface area contributed by atoms with Crippen molar-refractivity contribution in [3.8, 4) is 55.6 Å². The van der Waals surface area contributed by atoms with Crippen molar-refractivity contribution in [3.63, 3.8) is 0 Å². The number of aromatic nitrogens is 3. The summed E-state index contributed by atoms with van der Waals surface area (Å²) in [4.78, 5) is 15.2. The van der Waals surface area contributed by atoms with Gasteiger partial charge in [0.25, 0.3) is 0 Å². The summed E-state index contributed by atoms with van der Waals surface area (Å²) in [6, 6.07) is 47.8. The normalized spacial score (nSPS) is 11.1. The van der Waals surface area contributed by atoms with Crippen LogP contribution in [-0.4, -0.2) is 15.0 Å². The molecule has 4 heteroatoms. The highest BCUT2D eigenvalue weighted by molar-refractivity contribution is 7.21. The van der Waals surface area contributed by atoms with E-state index in [4.69, 9.17) is 15.0 Å². The molecule has 0 aliphatic carbocycles. The van der Waals surface area contributed by atoms with E-state index < -0.39 is 0 Å². The van der Waals surface area contributed by atoms with Gasteiger partial charge < -0.3 is 0 Å². The molecule has 0 N–H and O–H groups in total. The van der Waals surface area contributed by atoms with Gasteiger partial charge in [0.05, 0.1) is 21.6 Å². The maximum atomic E-state index is 5.11. The van der Waals surface area contributed by atoms with Crippen LogP contribution in [0, 0.1) is 0 Å². The average Bonchev–Trinajstić information content (AvgIpc) is 3.47. The topological polar surface area (TPSA) is 38.7 Å². The summed E-state index contributed by atoms with van der Waals surface area (Å²) in [5.41, 5.74) is 9.22. The largest absolute Gasteiger partial charge is 0.235 e. The molecule has 7 rings (SSSR count). The van der Waals surface area contributed by atoms with Gasteiger partial charge >= 0.3 is 0 Å². The van der Waals surface area contributed by atoms with Crippen LogP contribution in [0.5, 0.6) is 0 Å². The van der Waals surface area contributed by atoms with Crippen LogP contribution in [-0.2, 0) is 0 Å². The highest BCUT2D eigenvalue weighted by atomic mass is 32.1. The van der Waals surface area contributed by atoms with Crippen molar-refractivity contribution in [2.75, 3.05) is 0 Å². The van der Waals surface area contributed by atoms with Gasteiger partial charge in [-0.3, -0.25) is 0 Å². The number of hydrogen-bond donors (Lipinski definition) is 0. The minimum atomic E-state index is 0.708. The highest BCUT2D eigenvalue weighted by Gasteiger charge is 2.17. The van der Waals surface area contributed by atoms with Gasteiger partial charge in [0.1, 0.15) is 5.01 Å². The zero-order chi connectivity index (χ0) is 26.0. The van der Waals surface area contributed by atoms with Crippen molar-refractivity contribution >= 4 is 21.6 Å². The van der Waals surface area contributed by atoms with Crippen molar-refractivity contribution in [3.05, 3.63) is 140 Å². The van der Waals surface area contributed by atoms with Gasteiger partial charge in [-0.05, 0) is 17.7 Å². The predicted octanol–water partition coefficient (Wildman–Crippen LogP) is 9.42. The number of para-hydroxylation sites is 1. The highest BCUT2D eigenvalue weighted by Crippen LogP contribution is 2.40.